The zero-order valence-electron chi connectivity index (χ0n) is 13.4. The number of phenols is 1. The number of aliphatic carboxylic acids is 1. The molecular formula is C19H18N2O3. The molecule has 1 aliphatic rings. The molecule has 3 rings (SSSR count). The number of benzene rings is 1. The number of dihydropyridines is 1. The Morgan fingerprint density at radius 1 is 1.17 bits per heavy atom. The molecule has 0 bridgehead atoms. The van der Waals surface area contributed by atoms with Crippen LogP contribution in [-0.2, 0) is 4.79 Å². The molecule has 1 aliphatic heterocycles. The number of rotatable bonds is 3. The molecule has 1 unspecified atom stereocenters. The molecule has 5 nitrogen and oxygen atoms in total. The second-order valence-electron chi connectivity index (χ2n) is 5.78. The quantitative estimate of drug-likeness (QED) is 0.808. The van der Waals surface area contributed by atoms with Crippen LogP contribution in [0.25, 0.3) is 5.57 Å². The maximum Gasteiger partial charge on any atom is 0.334 e. The lowest BCUT2D eigenvalue weighted by atomic mass is 9.78. The Kier molecular flexibility index (Phi) is 4.08. The van der Waals surface area contributed by atoms with Gasteiger partial charge < -0.3 is 15.5 Å². The summed E-state index contributed by atoms with van der Waals surface area (Å²) in [4.78, 5) is 16.1. The summed E-state index contributed by atoms with van der Waals surface area (Å²) in [5.41, 5.74) is 4.16. The van der Waals surface area contributed by atoms with Crippen LogP contribution in [0.4, 0.5) is 0 Å². The molecule has 122 valence electrons. The maximum absolute atomic E-state index is 11.9. The molecule has 0 radical (unpaired) electrons. The molecule has 0 saturated carbocycles. The fourth-order valence-corrected chi connectivity index (χ4v) is 3.22. The number of carboxylic acids is 1. The molecule has 2 heterocycles. The minimum absolute atomic E-state index is 0.108. The van der Waals surface area contributed by atoms with E-state index in [2.05, 4.69) is 10.3 Å². The second-order valence-corrected chi connectivity index (χ2v) is 5.78. The predicted octanol–water partition coefficient (Wildman–Crippen LogP) is 3.26. The van der Waals surface area contributed by atoms with E-state index in [0.29, 0.717) is 5.70 Å². The Morgan fingerprint density at radius 3 is 2.58 bits per heavy atom. The number of nitrogens with one attached hydrogen (secondary N) is 1. The molecule has 1 aromatic carbocycles. The zero-order chi connectivity index (χ0) is 17.3. The molecule has 5 heteroatoms. The van der Waals surface area contributed by atoms with Gasteiger partial charge in [-0.3, -0.25) is 4.98 Å². The van der Waals surface area contributed by atoms with Crippen LogP contribution in [0.3, 0.4) is 0 Å². The van der Waals surface area contributed by atoms with Crippen molar-refractivity contribution >= 4 is 11.5 Å². The van der Waals surface area contributed by atoms with Crippen LogP contribution in [0.2, 0.25) is 0 Å². The minimum Gasteiger partial charge on any atom is -0.508 e. The van der Waals surface area contributed by atoms with Crippen LogP contribution in [0.5, 0.6) is 5.75 Å². The van der Waals surface area contributed by atoms with Gasteiger partial charge in [0.2, 0.25) is 0 Å². The molecule has 0 saturated heterocycles. The average Bonchev–Trinajstić information content (AvgIpc) is 2.54. The van der Waals surface area contributed by atoms with Crippen molar-refractivity contribution in [1.29, 1.82) is 0 Å². The molecular weight excluding hydrogens is 304 g/mol. The summed E-state index contributed by atoms with van der Waals surface area (Å²) in [5, 5.41) is 22.8. The third-order valence-corrected chi connectivity index (χ3v) is 4.17. The number of aromatic hydroxyl groups is 1. The molecule has 1 atom stereocenters. The third kappa shape index (κ3) is 2.76. The lowest BCUT2D eigenvalue weighted by Gasteiger charge is -2.31. The number of pyridine rings is 1. The van der Waals surface area contributed by atoms with Gasteiger partial charge in [0.1, 0.15) is 5.75 Å². The van der Waals surface area contributed by atoms with Gasteiger partial charge in [-0.1, -0.05) is 18.2 Å². The first-order valence-electron chi connectivity index (χ1n) is 7.60. The largest absolute Gasteiger partial charge is 0.508 e. The average molecular weight is 322 g/mol. The lowest BCUT2D eigenvalue weighted by molar-refractivity contribution is -0.132. The first-order valence-corrected chi connectivity index (χ1v) is 7.60. The summed E-state index contributed by atoms with van der Waals surface area (Å²) in [6.07, 6.45) is 3.40. The molecule has 0 aliphatic carbocycles. The highest BCUT2D eigenvalue weighted by molar-refractivity contribution is 5.96. The first-order chi connectivity index (χ1) is 11.5. The molecule has 2 aromatic rings. The predicted molar refractivity (Wildman–Crippen MR) is 91.2 cm³/mol. The topological polar surface area (TPSA) is 82.5 Å². The van der Waals surface area contributed by atoms with Crippen molar-refractivity contribution in [3.8, 4) is 5.75 Å². The van der Waals surface area contributed by atoms with E-state index in [1.54, 1.807) is 37.5 Å². The van der Waals surface area contributed by atoms with Gasteiger partial charge in [0.15, 0.2) is 0 Å². The molecule has 3 N–H and O–H groups in total. The van der Waals surface area contributed by atoms with Gasteiger partial charge in [0.05, 0.1) is 5.57 Å². The SMILES string of the molecule is CC1=C(C(=O)O)C(c2cccc(O)c2)C(c2cccnc2)=C(C)N1. The number of aromatic nitrogens is 1. The summed E-state index contributed by atoms with van der Waals surface area (Å²) in [5.74, 6) is -1.36. The van der Waals surface area contributed by atoms with Crippen LogP contribution < -0.4 is 5.32 Å². The van der Waals surface area contributed by atoms with Crippen molar-refractivity contribution in [3.05, 3.63) is 76.9 Å². The molecule has 24 heavy (non-hydrogen) atoms. The fourth-order valence-electron chi connectivity index (χ4n) is 3.22. The van der Waals surface area contributed by atoms with Crippen molar-refractivity contribution in [2.75, 3.05) is 0 Å². The van der Waals surface area contributed by atoms with Gasteiger partial charge in [0.25, 0.3) is 0 Å². The number of phenolic OH excluding ortho intramolecular Hbond substituents is 1. The highest BCUT2D eigenvalue weighted by atomic mass is 16.4. The van der Waals surface area contributed by atoms with Crippen LogP contribution >= 0.6 is 0 Å². The van der Waals surface area contributed by atoms with Crippen LogP contribution in [0, 0.1) is 0 Å². The number of hydrogen-bond acceptors (Lipinski definition) is 4. The van der Waals surface area contributed by atoms with E-state index < -0.39 is 11.9 Å². The monoisotopic (exact) mass is 322 g/mol. The van der Waals surface area contributed by atoms with E-state index in [-0.39, 0.29) is 11.3 Å². The Balaban J connectivity index is 2.25. The Morgan fingerprint density at radius 2 is 1.96 bits per heavy atom. The summed E-state index contributed by atoms with van der Waals surface area (Å²) in [6.45, 7) is 3.67. The van der Waals surface area contributed by atoms with Gasteiger partial charge in [-0.25, -0.2) is 4.79 Å². The van der Waals surface area contributed by atoms with E-state index in [1.165, 1.54) is 0 Å². The Hall–Kier alpha value is -3.08. The minimum atomic E-state index is -0.984. The van der Waals surface area contributed by atoms with Gasteiger partial charge >= 0.3 is 5.97 Å². The lowest BCUT2D eigenvalue weighted by Crippen LogP contribution is -2.27. The Labute approximate surface area is 140 Å². The second kappa shape index (κ2) is 6.20. The van der Waals surface area contributed by atoms with E-state index >= 15 is 0 Å². The summed E-state index contributed by atoms with van der Waals surface area (Å²) >= 11 is 0. The number of allylic oxidation sites excluding steroid dienone is 3. The summed E-state index contributed by atoms with van der Waals surface area (Å²) < 4.78 is 0. The summed E-state index contributed by atoms with van der Waals surface area (Å²) in [7, 11) is 0. The highest BCUT2D eigenvalue weighted by Crippen LogP contribution is 2.43. The van der Waals surface area contributed by atoms with Gasteiger partial charge in [-0.05, 0) is 48.7 Å². The van der Waals surface area contributed by atoms with E-state index in [9.17, 15) is 15.0 Å². The van der Waals surface area contributed by atoms with Gasteiger partial charge in [-0.15, -0.1) is 0 Å². The molecule has 0 fully saturated rings. The highest BCUT2D eigenvalue weighted by Gasteiger charge is 2.33. The summed E-state index contributed by atoms with van der Waals surface area (Å²) in [6, 6.07) is 10.5. The number of carboxylic acid groups (broad SMARTS) is 1. The van der Waals surface area contributed by atoms with E-state index in [1.807, 2.05) is 25.1 Å². The molecule has 0 amide bonds. The zero-order valence-corrected chi connectivity index (χ0v) is 13.4. The van der Waals surface area contributed by atoms with Crippen molar-refractivity contribution < 1.29 is 15.0 Å². The van der Waals surface area contributed by atoms with Crippen molar-refractivity contribution in [2.24, 2.45) is 0 Å². The maximum atomic E-state index is 11.9. The third-order valence-electron chi connectivity index (χ3n) is 4.17. The van der Waals surface area contributed by atoms with E-state index in [0.717, 1.165) is 22.4 Å². The van der Waals surface area contributed by atoms with E-state index in [4.69, 9.17) is 0 Å². The molecule has 1 aromatic heterocycles. The van der Waals surface area contributed by atoms with Crippen LogP contribution in [0.15, 0.2) is 65.8 Å². The molecule has 0 spiro atoms. The number of nitrogens with zero attached hydrogens (tertiary/aromatic N) is 1. The fraction of sp³-hybridized carbons (Fsp3) is 0.158. The van der Waals surface area contributed by atoms with Crippen LogP contribution in [-0.4, -0.2) is 21.2 Å². The standard InChI is InChI=1S/C19H18N2O3/c1-11-16(14-6-4-8-20-10-14)18(13-5-3-7-15(22)9-13)17(19(23)24)12(2)21-11/h3-10,18,21-22H,1-2H3,(H,23,24). The van der Waals surface area contributed by atoms with Crippen molar-refractivity contribution in [2.45, 2.75) is 19.8 Å². The van der Waals surface area contributed by atoms with Crippen molar-refractivity contribution in [3.63, 3.8) is 0 Å². The van der Waals surface area contributed by atoms with Crippen LogP contribution in [0.1, 0.15) is 30.9 Å². The first kappa shape index (κ1) is 15.8. The normalized spacial score (nSPS) is 17.7. The number of carbonyl (C=O) groups is 1. The Bertz CT molecular complexity index is 854. The number of hydrogen-bond donors (Lipinski definition) is 3. The van der Waals surface area contributed by atoms with Crippen molar-refractivity contribution in [1.82, 2.24) is 10.3 Å². The van der Waals surface area contributed by atoms with Gasteiger partial charge in [0, 0.05) is 29.7 Å². The van der Waals surface area contributed by atoms with Gasteiger partial charge in [-0.2, -0.15) is 0 Å². The smallest absolute Gasteiger partial charge is 0.334 e.